The van der Waals surface area contributed by atoms with E-state index in [0.717, 1.165) is 11.6 Å². The number of nitrogens with one attached hydrogen (secondary N) is 1. The first kappa shape index (κ1) is 18.0. The van der Waals surface area contributed by atoms with Crippen LogP contribution in [0, 0.1) is 5.92 Å². The molecule has 136 valence electrons. The van der Waals surface area contributed by atoms with E-state index in [0.29, 0.717) is 27.2 Å². The summed E-state index contributed by atoms with van der Waals surface area (Å²) >= 11 is 18.9. The minimum Gasteiger partial charge on any atom is -0.376 e. The standard InChI is InChI=1S/C19H13Cl3F3N/c20-13-8-14(21)18-15(16(13)22)9-5-3-6-10(9)17(26-18)11-4-1-2-7-12(11)19(23,24)25/h1-5,7-10,17,26H,6H2/t9-,10+,17-/m1/s1. The molecule has 1 aliphatic carbocycles. The van der Waals surface area contributed by atoms with Gasteiger partial charge in [0.15, 0.2) is 0 Å². The van der Waals surface area contributed by atoms with E-state index in [-0.39, 0.29) is 17.4 Å². The molecule has 1 aliphatic heterocycles. The van der Waals surface area contributed by atoms with Crippen LogP contribution in [-0.4, -0.2) is 0 Å². The van der Waals surface area contributed by atoms with Crippen molar-refractivity contribution in [1.29, 1.82) is 0 Å². The maximum Gasteiger partial charge on any atom is 0.416 e. The molecule has 0 aromatic heterocycles. The second-order valence-electron chi connectivity index (χ2n) is 6.50. The van der Waals surface area contributed by atoms with Gasteiger partial charge in [-0.2, -0.15) is 13.2 Å². The highest BCUT2D eigenvalue weighted by atomic mass is 35.5. The summed E-state index contributed by atoms with van der Waals surface area (Å²) in [5, 5.41) is 4.30. The highest BCUT2D eigenvalue weighted by Gasteiger charge is 2.43. The molecule has 1 N–H and O–H groups in total. The van der Waals surface area contributed by atoms with Crippen LogP contribution in [0.15, 0.2) is 42.5 Å². The van der Waals surface area contributed by atoms with E-state index in [4.69, 9.17) is 34.8 Å². The number of hydrogen-bond acceptors (Lipinski definition) is 1. The van der Waals surface area contributed by atoms with Gasteiger partial charge >= 0.3 is 6.18 Å². The van der Waals surface area contributed by atoms with Crippen LogP contribution >= 0.6 is 34.8 Å². The molecule has 3 atom stereocenters. The number of anilines is 1. The summed E-state index contributed by atoms with van der Waals surface area (Å²) in [5.74, 6) is -0.237. The molecule has 26 heavy (non-hydrogen) atoms. The summed E-state index contributed by atoms with van der Waals surface area (Å²) in [4.78, 5) is 0. The molecule has 4 rings (SSSR count). The fourth-order valence-electron chi connectivity index (χ4n) is 4.00. The predicted molar refractivity (Wildman–Crippen MR) is 99.3 cm³/mol. The quantitative estimate of drug-likeness (QED) is 0.373. The van der Waals surface area contributed by atoms with Gasteiger partial charge in [-0.15, -0.1) is 0 Å². The van der Waals surface area contributed by atoms with Crippen LogP contribution in [0.25, 0.3) is 0 Å². The molecule has 2 aliphatic rings. The highest BCUT2D eigenvalue weighted by Crippen LogP contribution is 2.55. The molecule has 0 radical (unpaired) electrons. The van der Waals surface area contributed by atoms with E-state index in [1.165, 1.54) is 18.2 Å². The monoisotopic (exact) mass is 417 g/mol. The first-order valence-corrected chi connectivity index (χ1v) is 9.19. The SMILES string of the molecule is FC(F)(F)c1ccccc1[C@@H]1Nc2c(Cl)cc(Cl)c(Cl)c2[C@@H]2C=CC[C@@H]21. The first-order chi connectivity index (χ1) is 12.3. The molecule has 0 saturated heterocycles. The molecule has 2 aromatic carbocycles. The van der Waals surface area contributed by atoms with E-state index < -0.39 is 17.8 Å². The predicted octanol–water partition coefficient (Wildman–Crippen LogP) is 7.49. The van der Waals surface area contributed by atoms with Crippen molar-refractivity contribution in [1.82, 2.24) is 0 Å². The zero-order valence-electron chi connectivity index (χ0n) is 13.2. The molecule has 0 saturated carbocycles. The lowest BCUT2D eigenvalue weighted by Crippen LogP contribution is -2.31. The van der Waals surface area contributed by atoms with Crippen molar-refractivity contribution >= 4 is 40.5 Å². The van der Waals surface area contributed by atoms with E-state index >= 15 is 0 Å². The van der Waals surface area contributed by atoms with Crippen LogP contribution in [-0.2, 0) is 6.18 Å². The minimum atomic E-state index is -4.43. The van der Waals surface area contributed by atoms with E-state index in [1.807, 2.05) is 12.2 Å². The van der Waals surface area contributed by atoms with Crippen LogP contribution in [0.5, 0.6) is 0 Å². The zero-order valence-corrected chi connectivity index (χ0v) is 15.5. The highest BCUT2D eigenvalue weighted by molar-refractivity contribution is 6.44. The Hall–Kier alpha value is -1.36. The molecular weight excluding hydrogens is 406 g/mol. The number of benzene rings is 2. The topological polar surface area (TPSA) is 12.0 Å². The Kier molecular flexibility index (Phi) is 4.41. The largest absolute Gasteiger partial charge is 0.416 e. The average molecular weight is 419 g/mol. The van der Waals surface area contributed by atoms with Gasteiger partial charge < -0.3 is 5.32 Å². The number of alkyl halides is 3. The smallest absolute Gasteiger partial charge is 0.376 e. The van der Waals surface area contributed by atoms with Gasteiger partial charge in [0, 0.05) is 11.5 Å². The Labute approximate surface area is 163 Å². The van der Waals surface area contributed by atoms with Gasteiger partial charge in [0.25, 0.3) is 0 Å². The first-order valence-electron chi connectivity index (χ1n) is 8.05. The van der Waals surface area contributed by atoms with Crippen molar-refractivity contribution in [3.63, 3.8) is 0 Å². The molecule has 0 fully saturated rings. The summed E-state index contributed by atoms with van der Waals surface area (Å²) < 4.78 is 40.6. The lowest BCUT2D eigenvalue weighted by molar-refractivity contribution is -0.138. The summed E-state index contributed by atoms with van der Waals surface area (Å²) in [6, 6.07) is 6.64. The van der Waals surface area contributed by atoms with Crippen LogP contribution in [0.2, 0.25) is 15.1 Å². The van der Waals surface area contributed by atoms with Crippen molar-refractivity contribution in [2.45, 2.75) is 24.6 Å². The molecule has 2 aromatic rings. The fraction of sp³-hybridized carbons (Fsp3) is 0.263. The molecule has 7 heteroatoms. The van der Waals surface area contributed by atoms with Gasteiger partial charge in [0.2, 0.25) is 0 Å². The van der Waals surface area contributed by atoms with Crippen molar-refractivity contribution in [2.24, 2.45) is 5.92 Å². The Balaban J connectivity index is 1.89. The zero-order chi connectivity index (χ0) is 18.6. The number of allylic oxidation sites excluding steroid dienone is 2. The van der Waals surface area contributed by atoms with Gasteiger partial charge in [-0.1, -0.05) is 65.2 Å². The molecule has 1 heterocycles. The summed E-state index contributed by atoms with van der Waals surface area (Å²) in [6.07, 6.45) is 0.169. The van der Waals surface area contributed by atoms with Gasteiger partial charge in [-0.3, -0.25) is 0 Å². The van der Waals surface area contributed by atoms with Gasteiger partial charge in [-0.25, -0.2) is 0 Å². The molecule has 0 spiro atoms. The van der Waals surface area contributed by atoms with Gasteiger partial charge in [-0.05, 0) is 30.0 Å². The van der Waals surface area contributed by atoms with Crippen molar-refractivity contribution in [3.05, 3.63) is 74.2 Å². The maximum atomic E-state index is 13.5. The third-order valence-electron chi connectivity index (χ3n) is 5.08. The second-order valence-corrected chi connectivity index (χ2v) is 7.70. The molecule has 0 amide bonds. The van der Waals surface area contributed by atoms with Crippen molar-refractivity contribution in [3.8, 4) is 0 Å². The Morgan fingerprint density at radius 1 is 1.04 bits per heavy atom. The van der Waals surface area contributed by atoms with Gasteiger partial charge in [0.1, 0.15) is 0 Å². The van der Waals surface area contributed by atoms with Crippen molar-refractivity contribution < 1.29 is 13.2 Å². The third kappa shape index (κ3) is 2.79. The van der Waals surface area contributed by atoms with Crippen LogP contribution in [0.1, 0.15) is 35.1 Å². The van der Waals surface area contributed by atoms with Crippen LogP contribution in [0.3, 0.4) is 0 Å². The summed E-state index contributed by atoms with van der Waals surface area (Å²) in [7, 11) is 0. The summed E-state index contributed by atoms with van der Waals surface area (Å²) in [5.41, 5.74) is 0.883. The number of hydrogen-bond donors (Lipinski definition) is 1. The Morgan fingerprint density at radius 2 is 1.77 bits per heavy atom. The van der Waals surface area contributed by atoms with Crippen molar-refractivity contribution in [2.75, 3.05) is 5.32 Å². The number of halogens is 6. The number of rotatable bonds is 1. The molecule has 1 nitrogen and oxygen atoms in total. The molecule has 0 unspecified atom stereocenters. The fourth-order valence-corrected chi connectivity index (χ4v) is 4.80. The van der Waals surface area contributed by atoms with E-state index in [2.05, 4.69) is 5.32 Å². The lowest BCUT2D eigenvalue weighted by atomic mass is 9.76. The molecular formula is C19H13Cl3F3N. The van der Waals surface area contributed by atoms with Crippen LogP contribution in [0.4, 0.5) is 18.9 Å². The Bertz CT molecular complexity index is 908. The normalized spacial score (nSPS) is 24.2. The lowest BCUT2D eigenvalue weighted by Gasteiger charge is -2.39. The second kappa shape index (κ2) is 6.36. The summed E-state index contributed by atoms with van der Waals surface area (Å²) in [6.45, 7) is 0. The number of fused-ring (bicyclic) bond motifs is 3. The van der Waals surface area contributed by atoms with Gasteiger partial charge in [0.05, 0.1) is 32.4 Å². The van der Waals surface area contributed by atoms with Crippen LogP contribution < -0.4 is 5.32 Å². The van der Waals surface area contributed by atoms with E-state index in [1.54, 1.807) is 6.07 Å². The third-order valence-corrected chi connectivity index (χ3v) is 6.18. The minimum absolute atomic E-state index is 0.0990. The average Bonchev–Trinajstić information content (AvgIpc) is 3.07. The van der Waals surface area contributed by atoms with E-state index in [9.17, 15) is 13.2 Å². The molecule has 0 bridgehead atoms. The Morgan fingerprint density at radius 3 is 2.50 bits per heavy atom. The maximum absolute atomic E-state index is 13.5.